The number of aryl methyl sites for hydroxylation is 1. The third kappa shape index (κ3) is 3.40. The third-order valence-corrected chi connectivity index (χ3v) is 4.19. The number of carbonyl (C=O) groups is 1. The summed E-state index contributed by atoms with van der Waals surface area (Å²) in [6.45, 7) is 5.58. The number of nitrogens with zero attached hydrogens (tertiary/aromatic N) is 1. The predicted molar refractivity (Wildman–Crippen MR) is 99.8 cm³/mol. The molecule has 128 valence electrons. The van der Waals surface area contributed by atoms with E-state index in [0.29, 0.717) is 0 Å². The number of carbonyl (C=O) groups excluding carboxylic acids is 1. The van der Waals surface area contributed by atoms with E-state index in [2.05, 4.69) is 22.4 Å². The van der Waals surface area contributed by atoms with Crippen LogP contribution in [0.1, 0.15) is 18.1 Å². The Labute approximate surface area is 147 Å². The van der Waals surface area contributed by atoms with E-state index in [9.17, 15) is 4.79 Å². The van der Waals surface area contributed by atoms with Crippen LogP contribution in [0.4, 0.5) is 5.69 Å². The first-order chi connectivity index (χ1) is 12.0. The first-order valence-electron chi connectivity index (χ1n) is 8.07. The molecule has 5 nitrogen and oxygen atoms in total. The highest BCUT2D eigenvalue weighted by Crippen LogP contribution is 2.32. The van der Waals surface area contributed by atoms with Gasteiger partial charge in [0.1, 0.15) is 5.75 Å². The van der Waals surface area contributed by atoms with Gasteiger partial charge < -0.3 is 10.1 Å². The molecule has 3 aromatic rings. The van der Waals surface area contributed by atoms with Gasteiger partial charge in [0.2, 0.25) is 5.91 Å². The van der Waals surface area contributed by atoms with Crippen LogP contribution in [0, 0.1) is 13.8 Å². The largest absolute Gasteiger partial charge is 0.497 e. The van der Waals surface area contributed by atoms with E-state index in [4.69, 9.17) is 4.74 Å². The fraction of sp³-hybridized carbons (Fsp3) is 0.200. The van der Waals surface area contributed by atoms with E-state index in [1.165, 1.54) is 6.92 Å². The van der Waals surface area contributed by atoms with Gasteiger partial charge in [-0.25, -0.2) is 0 Å². The molecule has 25 heavy (non-hydrogen) atoms. The summed E-state index contributed by atoms with van der Waals surface area (Å²) in [6, 6.07) is 13.7. The Kier molecular flexibility index (Phi) is 4.57. The number of ether oxygens (including phenoxy) is 1. The fourth-order valence-electron chi connectivity index (χ4n) is 2.92. The van der Waals surface area contributed by atoms with Crippen LogP contribution in [0.5, 0.6) is 5.75 Å². The van der Waals surface area contributed by atoms with Crippen LogP contribution in [-0.4, -0.2) is 23.2 Å². The molecule has 1 amide bonds. The van der Waals surface area contributed by atoms with Crippen LogP contribution in [0.3, 0.4) is 0 Å². The van der Waals surface area contributed by atoms with Crippen LogP contribution < -0.4 is 10.1 Å². The minimum Gasteiger partial charge on any atom is -0.497 e. The molecule has 0 unspecified atom stereocenters. The van der Waals surface area contributed by atoms with E-state index < -0.39 is 0 Å². The molecule has 5 heteroatoms. The number of hydrogen-bond acceptors (Lipinski definition) is 3. The van der Waals surface area contributed by atoms with Gasteiger partial charge in [-0.3, -0.25) is 9.89 Å². The summed E-state index contributed by atoms with van der Waals surface area (Å²) in [7, 11) is 1.65. The minimum atomic E-state index is -0.0772. The molecule has 3 rings (SSSR count). The second kappa shape index (κ2) is 6.81. The molecule has 1 aromatic heterocycles. The van der Waals surface area contributed by atoms with Crippen LogP contribution in [0.25, 0.3) is 22.5 Å². The highest BCUT2D eigenvalue weighted by atomic mass is 16.5. The Hall–Kier alpha value is -3.08. The van der Waals surface area contributed by atoms with E-state index in [0.717, 1.165) is 45.1 Å². The van der Waals surface area contributed by atoms with Gasteiger partial charge in [-0.2, -0.15) is 5.10 Å². The van der Waals surface area contributed by atoms with Gasteiger partial charge >= 0.3 is 0 Å². The Balaban J connectivity index is 1.96. The Morgan fingerprint density at radius 3 is 2.44 bits per heavy atom. The predicted octanol–water partition coefficient (Wildman–Crippen LogP) is 4.33. The van der Waals surface area contributed by atoms with Crippen molar-refractivity contribution < 1.29 is 9.53 Å². The van der Waals surface area contributed by atoms with Gasteiger partial charge in [-0.15, -0.1) is 0 Å². The van der Waals surface area contributed by atoms with Gasteiger partial charge in [0.05, 0.1) is 18.5 Å². The number of aromatic nitrogens is 2. The molecule has 0 aliphatic heterocycles. The second-order valence-corrected chi connectivity index (χ2v) is 6.01. The maximum Gasteiger partial charge on any atom is 0.221 e. The molecule has 0 spiro atoms. The van der Waals surface area contributed by atoms with E-state index in [1.54, 1.807) is 7.11 Å². The number of hydrogen-bond donors (Lipinski definition) is 2. The highest BCUT2D eigenvalue weighted by molar-refractivity contribution is 5.89. The summed E-state index contributed by atoms with van der Waals surface area (Å²) in [5.74, 6) is 0.744. The molecule has 0 fully saturated rings. The van der Waals surface area contributed by atoms with Crippen LogP contribution in [-0.2, 0) is 4.79 Å². The molecule has 0 bridgehead atoms. The normalized spacial score (nSPS) is 10.6. The molecular formula is C20H21N3O2. The van der Waals surface area contributed by atoms with Crippen molar-refractivity contribution in [1.29, 1.82) is 0 Å². The van der Waals surface area contributed by atoms with Crippen molar-refractivity contribution in [2.75, 3.05) is 12.4 Å². The quantitative estimate of drug-likeness (QED) is 0.746. The molecule has 2 N–H and O–H groups in total. The third-order valence-electron chi connectivity index (χ3n) is 4.19. The first kappa shape index (κ1) is 16.8. The molecule has 0 saturated carbocycles. The van der Waals surface area contributed by atoms with Crippen molar-refractivity contribution >= 4 is 11.6 Å². The lowest BCUT2D eigenvalue weighted by atomic mass is 9.99. The summed E-state index contributed by atoms with van der Waals surface area (Å²) < 4.78 is 5.21. The molecule has 0 aliphatic rings. The van der Waals surface area contributed by atoms with Gasteiger partial charge in [0.15, 0.2) is 0 Å². The number of methoxy groups -OCH3 is 1. The molecule has 0 aliphatic carbocycles. The molecule has 2 aromatic carbocycles. The van der Waals surface area contributed by atoms with Crippen molar-refractivity contribution in [2.45, 2.75) is 20.8 Å². The van der Waals surface area contributed by atoms with Crippen molar-refractivity contribution in [2.24, 2.45) is 0 Å². The molecule has 1 heterocycles. The summed E-state index contributed by atoms with van der Waals surface area (Å²) in [5, 5.41) is 10.4. The van der Waals surface area contributed by atoms with Crippen LogP contribution in [0.2, 0.25) is 0 Å². The van der Waals surface area contributed by atoms with Gasteiger partial charge in [-0.05, 0) is 55.8 Å². The lowest BCUT2D eigenvalue weighted by molar-refractivity contribution is -0.114. The number of benzene rings is 2. The van der Waals surface area contributed by atoms with Crippen molar-refractivity contribution in [3.63, 3.8) is 0 Å². The Morgan fingerprint density at radius 2 is 1.84 bits per heavy atom. The minimum absolute atomic E-state index is 0.0772. The monoisotopic (exact) mass is 335 g/mol. The maximum absolute atomic E-state index is 11.2. The Bertz CT molecular complexity index is 911. The Morgan fingerprint density at radius 1 is 1.12 bits per heavy atom. The summed E-state index contributed by atoms with van der Waals surface area (Å²) in [4.78, 5) is 11.2. The second-order valence-electron chi connectivity index (χ2n) is 6.01. The number of nitrogens with one attached hydrogen (secondary N) is 2. The molecule has 0 saturated heterocycles. The lowest BCUT2D eigenvalue weighted by Crippen LogP contribution is -2.05. The molecule has 0 radical (unpaired) electrons. The zero-order chi connectivity index (χ0) is 18.0. The summed E-state index contributed by atoms with van der Waals surface area (Å²) in [6.07, 6.45) is 0. The standard InChI is InChI=1S/C20H21N3O2/c1-12-11-16(21-14(3)24)7-10-18(12)20-13(2)19(22-23-20)15-5-8-17(25-4)9-6-15/h5-11H,1-4H3,(H,21,24)(H,22,23). The number of amides is 1. The van der Waals surface area contributed by atoms with E-state index >= 15 is 0 Å². The van der Waals surface area contributed by atoms with Crippen LogP contribution >= 0.6 is 0 Å². The number of rotatable bonds is 4. The number of anilines is 1. The molecular weight excluding hydrogens is 314 g/mol. The zero-order valence-corrected chi connectivity index (χ0v) is 14.8. The van der Waals surface area contributed by atoms with Crippen molar-refractivity contribution in [3.8, 4) is 28.3 Å². The van der Waals surface area contributed by atoms with Crippen molar-refractivity contribution in [1.82, 2.24) is 10.2 Å². The number of aromatic amines is 1. The molecule has 0 atom stereocenters. The first-order valence-corrected chi connectivity index (χ1v) is 8.07. The summed E-state index contributed by atoms with van der Waals surface area (Å²) >= 11 is 0. The topological polar surface area (TPSA) is 67.0 Å². The number of H-pyrrole nitrogens is 1. The van der Waals surface area contributed by atoms with Gasteiger partial charge in [0.25, 0.3) is 0 Å². The van der Waals surface area contributed by atoms with Crippen molar-refractivity contribution in [3.05, 3.63) is 53.6 Å². The zero-order valence-electron chi connectivity index (χ0n) is 14.8. The average Bonchev–Trinajstić information content (AvgIpc) is 2.96. The smallest absolute Gasteiger partial charge is 0.221 e. The van der Waals surface area contributed by atoms with Gasteiger partial charge in [0, 0.05) is 29.3 Å². The van der Waals surface area contributed by atoms with E-state index in [-0.39, 0.29) is 5.91 Å². The fourth-order valence-corrected chi connectivity index (χ4v) is 2.92. The maximum atomic E-state index is 11.2. The van der Waals surface area contributed by atoms with E-state index in [1.807, 2.05) is 49.4 Å². The summed E-state index contributed by atoms with van der Waals surface area (Å²) in [5.41, 5.74) is 6.95. The lowest BCUT2D eigenvalue weighted by Gasteiger charge is -2.09. The highest BCUT2D eigenvalue weighted by Gasteiger charge is 2.14. The average molecular weight is 335 g/mol. The van der Waals surface area contributed by atoms with Crippen LogP contribution in [0.15, 0.2) is 42.5 Å². The SMILES string of the molecule is COc1ccc(-c2n[nH]c(-c3ccc(NC(C)=O)cc3C)c2C)cc1. The van der Waals surface area contributed by atoms with Gasteiger partial charge in [-0.1, -0.05) is 6.07 Å².